The lowest BCUT2D eigenvalue weighted by Gasteiger charge is -2.26. The molecule has 0 unspecified atom stereocenters. The van der Waals surface area contributed by atoms with Crippen LogP contribution in [-0.4, -0.2) is 42.0 Å². The van der Waals surface area contributed by atoms with E-state index < -0.39 is 0 Å². The Morgan fingerprint density at radius 1 is 1.25 bits per heavy atom. The molecule has 0 aliphatic carbocycles. The van der Waals surface area contributed by atoms with Gasteiger partial charge in [-0.1, -0.05) is 12.5 Å². The molecule has 128 valence electrons. The summed E-state index contributed by atoms with van der Waals surface area (Å²) in [5.41, 5.74) is 5.12. The van der Waals surface area contributed by atoms with Gasteiger partial charge in [0.2, 0.25) is 0 Å². The van der Waals surface area contributed by atoms with Gasteiger partial charge < -0.3 is 10.6 Å². The Balaban J connectivity index is 1.66. The maximum atomic E-state index is 4.25. The Bertz CT molecular complexity index is 672. The zero-order chi connectivity index (χ0) is 16.8. The highest BCUT2D eigenvalue weighted by atomic mass is 15.1. The van der Waals surface area contributed by atoms with Gasteiger partial charge in [-0.3, -0.25) is 15.0 Å². The van der Waals surface area contributed by atoms with Crippen LogP contribution < -0.4 is 10.6 Å². The minimum Gasteiger partial charge on any atom is -0.385 e. The molecule has 1 fully saturated rings. The molecule has 1 aromatic carbocycles. The van der Waals surface area contributed by atoms with Crippen LogP contribution in [0, 0.1) is 0 Å². The van der Waals surface area contributed by atoms with Crippen molar-refractivity contribution in [2.45, 2.75) is 32.4 Å². The van der Waals surface area contributed by atoms with Gasteiger partial charge in [-0.25, -0.2) is 0 Å². The van der Waals surface area contributed by atoms with Crippen LogP contribution in [0.2, 0.25) is 0 Å². The third kappa shape index (κ3) is 3.94. The van der Waals surface area contributed by atoms with Crippen molar-refractivity contribution in [1.29, 1.82) is 0 Å². The van der Waals surface area contributed by atoms with E-state index >= 15 is 0 Å². The number of aromatic amines is 1. The summed E-state index contributed by atoms with van der Waals surface area (Å²) in [5.74, 6) is 0. The molecule has 2 heterocycles. The predicted octanol–water partition coefficient (Wildman–Crippen LogP) is 3.38. The SMILES string of the molecule is C=Nc1cc(CN2CCCCC2)ccc1NCc1n[nH]cc1NC. The summed E-state index contributed by atoms with van der Waals surface area (Å²) in [7, 11) is 1.89. The van der Waals surface area contributed by atoms with E-state index in [1.807, 2.05) is 13.2 Å². The van der Waals surface area contributed by atoms with Gasteiger partial charge in [0.15, 0.2) is 0 Å². The fraction of sp³-hybridized carbons (Fsp3) is 0.444. The third-order valence-electron chi connectivity index (χ3n) is 4.52. The van der Waals surface area contributed by atoms with E-state index in [2.05, 4.69) is 55.6 Å². The molecule has 3 N–H and O–H groups in total. The molecule has 0 atom stereocenters. The van der Waals surface area contributed by atoms with Crippen LogP contribution in [0.3, 0.4) is 0 Å². The van der Waals surface area contributed by atoms with Gasteiger partial charge in [0.25, 0.3) is 0 Å². The molecular weight excluding hydrogens is 300 g/mol. The normalized spacial score (nSPS) is 15.2. The van der Waals surface area contributed by atoms with Crippen molar-refractivity contribution in [2.75, 3.05) is 30.8 Å². The first-order valence-corrected chi connectivity index (χ1v) is 8.56. The van der Waals surface area contributed by atoms with Gasteiger partial charge >= 0.3 is 0 Å². The number of hydrogen-bond acceptors (Lipinski definition) is 5. The Morgan fingerprint density at radius 2 is 2.08 bits per heavy atom. The molecular formula is C18H26N6. The van der Waals surface area contributed by atoms with E-state index in [1.54, 1.807) is 0 Å². The maximum absolute atomic E-state index is 4.25. The fourth-order valence-electron chi connectivity index (χ4n) is 3.18. The number of nitrogens with zero attached hydrogens (tertiary/aromatic N) is 3. The van der Waals surface area contributed by atoms with Gasteiger partial charge in [0.1, 0.15) is 5.69 Å². The van der Waals surface area contributed by atoms with Crippen molar-refractivity contribution < 1.29 is 0 Å². The first kappa shape index (κ1) is 16.5. The first-order valence-electron chi connectivity index (χ1n) is 8.56. The Labute approximate surface area is 143 Å². The van der Waals surface area contributed by atoms with Gasteiger partial charge in [0, 0.05) is 19.8 Å². The Morgan fingerprint density at radius 3 is 2.83 bits per heavy atom. The number of aromatic nitrogens is 2. The predicted molar refractivity (Wildman–Crippen MR) is 100 cm³/mol. The molecule has 0 radical (unpaired) electrons. The molecule has 2 aromatic rings. The topological polar surface area (TPSA) is 68.3 Å². The van der Waals surface area contributed by atoms with E-state index in [4.69, 9.17) is 0 Å². The van der Waals surface area contributed by atoms with Gasteiger partial charge in [0.05, 0.1) is 23.6 Å². The second kappa shape index (κ2) is 7.97. The summed E-state index contributed by atoms with van der Waals surface area (Å²) in [6, 6.07) is 6.40. The van der Waals surface area contributed by atoms with Gasteiger partial charge in [-0.05, 0) is 50.3 Å². The molecule has 1 aliphatic heterocycles. The van der Waals surface area contributed by atoms with E-state index in [0.717, 1.165) is 29.3 Å². The van der Waals surface area contributed by atoms with Crippen LogP contribution in [0.15, 0.2) is 29.4 Å². The molecule has 6 nitrogen and oxygen atoms in total. The molecule has 1 aromatic heterocycles. The van der Waals surface area contributed by atoms with Crippen molar-refractivity contribution in [3.63, 3.8) is 0 Å². The Hall–Kier alpha value is -2.34. The molecule has 6 heteroatoms. The van der Waals surface area contributed by atoms with Crippen molar-refractivity contribution in [2.24, 2.45) is 4.99 Å². The lowest BCUT2D eigenvalue weighted by molar-refractivity contribution is 0.221. The van der Waals surface area contributed by atoms with Crippen LogP contribution in [0.4, 0.5) is 17.1 Å². The van der Waals surface area contributed by atoms with Crippen molar-refractivity contribution in [3.05, 3.63) is 35.7 Å². The van der Waals surface area contributed by atoms with Crippen LogP contribution in [-0.2, 0) is 13.1 Å². The van der Waals surface area contributed by atoms with Crippen molar-refractivity contribution in [1.82, 2.24) is 15.1 Å². The molecule has 24 heavy (non-hydrogen) atoms. The molecule has 0 spiro atoms. The van der Waals surface area contributed by atoms with Gasteiger partial charge in [-0.2, -0.15) is 5.10 Å². The Kier molecular flexibility index (Phi) is 5.48. The highest BCUT2D eigenvalue weighted by Gasteiger charge is 2.12. The number of nitrogens with one attached hydrogen (secondary N) is 3. The minimum atomic E-state index is 0.633. The summed E-state index contributed by atoms with van der Waals surface area (Å²) < 4.78 is 0. The quantitative estimate of drug-likeness (QED) is 0.682. The molecule has 1 saturated heterocycles. The summed E-state index contributed by atoms with van der Waals surface area (Å²) in [5, 5.41) is 13.6. The highest BCUT2D eigenvalue weighted by molar-refractivity contribution is 5.69. The number of piperidine rings is 1. The zero-order valence-corrected chi connectivity index (χ0v) is 14.3. The largest absolute Gasteiger partial charge is 0.385 e. The number of H-pyrrole nitrogens is 1. The summed E-state index contributed by atoms with van der Waals surface area (Å²) >= 11 is 0. The molecule has 0 amide bonds. The van der Waals surface area contributed by atoms with Crippen LogP contribution in [0.25, 0.3) is 0 Å². The van der Waals surface area contributed by atoms with Crippen LogP contribution in [0.5, 0.6) is 0 Å². The second-order valence-corrected chi connectivity index (χ2v) is 6.20. The van der Waals surface area contributed by atoms with E-state index in [9.17, 15) is 0 Å². The summed E-state index contributed by atoms with van der Waals surface area (Å²) in [4.78, 5) is 6.71. The van der Waals surface area contributed by atoms with E-state index in [-0.39, 0.29) is 0 Å². The third-order valence-corrected chi connectivity index (χ3v) is 4.52. The molecule has 1 aliphatic rings. The summed E-state index contributed by atoms with van der Waals surface area (Å²) in [6.45, 7) is 7.74. The molecule has 0 bridgehead atoms. The number of hydrogen-bond donors (Lipinski definition) is 3. The van der Waals surface area contributed by atoms with Crippen molar-refractivity contribution >= 4 is 23.8 Å². The second-order valence-electron chi connectivity index (χ2n) is 6.20. The summed E-state index contributed by atoms with van der Waals surface area (Å²) in [6.07, 6.45) is 5.83. The number of benzene rings is 1. The number of aliphatic imine (C=N–C) groups is 1. The zero-order valence-electron chi connectivity index (χ0n) is 14.3. The van der Waals surface area contributed by atoms with Crippen LogP contribution >= 0.6 is 0 Å². The standard InChI is InChI=1S/C18H26N6/c1-19-16-10-14(13-24-8-4-3-5-9-24)6-7-15(16)21-11-18-17(20-2)12-22-23-18/h6-7,10,12,20-21H,1,3-5,8-9,11,13H2,2H3,(H,22,23). The minimum absolute atomic E-state index is 0.633. The number of anilines is 2. The van der Waals surface area contributed by atoms with Crippen molar-refractivity contribution in [3.8, 4) is 0 Å². The van der Waals surface area contributed by atoms with E-state index in [1.165, 1.54) is 37.9 Å². The maximum Gasteiger partial charge on any atom is 0.104 e. The lowest BCUT2D eigenvalue weighted by Crippen LogP contribution is -2.29. The molecule has 0 saturated carbocycles. The molecule has 3 rings (SSSR count). The monoisotopic (exact) mass is 326 g/mol. The van der Waals surface area contributed by atoms with Gasteiger partial charge in [-0.15, -0.1) is 0 Å². The average Bonchev–Trinajstić information content (AvgIpc) is 3.09. The number of likely N-dealkylation sites (tertiary alicyclic amines) is 1. The smallest absolute Gasteiger partial charge is 0.104 e. The lowest BCUT2D eigenvalue weighted by atomic mass is 10.1. The first-order chi connectivity index (χ1) is 11.8. The van der Waals surface area contributed by atoms with Crippen LogP contribution in [0.1, 0.15) is 30.5 Å². The highest BCUT2D eigenvalue weighted by Crippen LogP contribution is 2.28. The fourth-order valence-corrected chi connectivity index (χ4v) is 3.18. The number of rotatable bonds is 7. The average molecular weight is 326 g/mol. The van der Waals surface area contributed by atoms with E-state index in [0.29, 0.717) is 6.54 Å².